The van der Waals surface area contributed by atoms with Gasteiger partial charge in [-0.05, 0) is 0 Å². The molecule has 0 aliphatic rings. The van der Waals surface area contributed by atoms with Gasteiger partial charge in [0.15, 0.2) is 0 Å². The summed E-state index contributed by atoms with van der Waals surface area (Å²) in [6, 6.07) is 0. The van der Waals surface area contributed by atoms with E-state index >= 15 is 0 Å². The molecule has 0 heterocycles. The van der Waals surface area contributed by atoms with E-state index < -0.39 is 18.4 Å². The van der Waals surface area contributed by atoms with Gasteiger partial charge in [0.25, 0.3) is 0 Å². The van der Waals surface area contributed by atoms with Crippen molar-refractivity contribution in [2.24, 2.45) is 5.92 Å². The second kappa shape index (κ2) is 5.45. The zero-order chi connectivity index (χ0) is 9.78. The fraction of sp³-hybridized carbons (Fsp3) is 1.00. The van der Waals surface area contributed by atoms with Crippen molar-refractivity contribution in [3.8, 4) is 0 Å². The summed E-state index contributed by atoms with van der Waals surface area (Å²) in [5.74, 6) is 0.621. The maximum atomic E-state index is 5.69. The first-order valence-corrected chi connectivity index (χ1v) is 14.7. The van der Waals surface area contributed by atoms with Crippen LogP contribution in [0.3, 0.4) is 0 Å². The van der Waals surface area contributed by atoms with E-state index in [0.717, 1.165) is 0 Å². The molecule has 3 heteroatoms. The molecule has 74 valence electrons. The molecule has 12 heavy (non-hydrogen) atoms. The van der Waals surface area contributed by atoms with Crippen molar-refractivity contribution >= 4 is 18.4 Å². The summed E-state index contributed by atoms with van der Waals surface area (Å²) in [5, 5.41) is 0. The van der Waals surface area contributed by atoms with Crippen molar-refractivity contribution in [3.05, 3.63) is 0 Å². The second-order valence-corrected chi connectivity index (χ2v) is 19.7. The van der Waals surface area contributed by atoms with Gasteiger partial charge in [-0.1, -0.05) is 0 Å². The third-order valence-electron chi connectivity index (χ3n) is 1.82. The fourth-order valence-corrected chi connectivity index (χ4v) is 8.91. The maximum absolute atomic E-state index is 5.69. The van der Waals surface area contributed by atoms with Gasteiger partial charge >= 0.3 is 80.5 Å². The van der Waals surface area contributed by atoms with Gasteiger partial charge in [0, 0.05) is 0 Å². The molecule has 0 aromatic heterocycles. The van der Waals surface area contributed by atoms with Crippen molar-refractivity contribution in [2.75, 3.05) is 13.9 Å². The molecule has 0 spiro atoms. The normalized spacial score (nSPS) is 15.2. The van der Waals surface area contributed by atoms with Crippen LogP contribution in [-0.4, -0.2) is 36.4 Å². The summed E-state index contributed by atoms with van der Waals surface area (Å²) in [4.78, 5) is 7.19. The Balaban J connectivity index is 4.05. The molecule has 0 N–H and O–H groups in total. The van der Waals surface area contributed by atoms with Gasteiger partial charge in [0.05, 0.1) is 0 Å². The van der Waals surface area contributed by atoms with Crippen LogP contribution in [0.5, 0.6) is 0 Å². The number of hydrogen-bond acceptors (Lipinski definition) is 2. The van der Waals surface area contributed by atoms with Crippen LogP contribution >= 0.6 is 0 Å². The average Bonchev–Trinajstić information content (AvgIpc) is 1.84. The van der Waals surface area contributed by atoms with Crippen LogP contribution in [0.25, 0.3) is 0 Å². The summed E-state index contributed by atoms with van der Waals surface area (Å²) < 4.78 is 11.1. The summed E-state index contributed by atoms with van der Waals surface area (Å²) in [6.45, 7) is 4.89. The number of hydrogen-bond donors (Lipinski definition) is 0. The summed E-state index contributed by atoms with van der Waals surface area (Å²) in [5.41, 5.74) is 0. The molecule has 0 amide bonds. The van der Waals surface area contributed by atoms with Crippen LogP contribution in [0.15, 0.2) is 0 Å². The van der Waals surface area contributed by atoms with Gasteiger partial charge in [0.1, 0.15) is 0 Å². The van der Waals surface area contributed by atoms with Crippen molar-refractivity contribution in [2.45, 2.75) is 32.8 Å². The van der Waals surface area contributed by atoms with E-state index in [-0.39, 0.29) is 0 Å². The van der Waals surface area contributed by atoms with E-state index in [1.165, 1.54) is 0 Å². The molecule has 0 rings (SSSR count). The Morgan fingerprint density at radius 1 is 1.17 bits per heavy atom. The van der Waals surface area contributed by atoms with Crippen LogP contribution < -0.4 is 0 Å². The van der Waals surface area contributed by atoms with E-state index in [1.807, 2.05) is 0 Å². The SMILES string of the molecule is COCO[CH](C(C)C)[Sn]([CH3])([CH3])[CH3]. The molecular weight excluding hydrogens is 259 g/mol. The van der Waals surface area contributed by atoms with Crippen LogP contribution in [0.4, 0.5) is 0 Å². The summed E-state index contributed by atoms with van der Waals surface area (Å²) >= 11 is -1.89. The predicted octanol–water partition coefficient (Wildman–Crippen LogP) is 2.51. The molecular formula is C9H22O2Sn. The van der Waals surface area contributed by atoms with Gasteiger partial charge in [-0.3, -0.25) is 0 Å². The number of rotatable bonds is 5. The number of methoxy groups -OCH3 is 1. The van der Waals surface area contributed by atoms with Crippen molar-refractivity contribution in [3.63, 3.8) is 0 Å². The molecule has 0 saturated heterocycles. The Morgan fingerprint density at radius 2 is 1.67 bits per heavy atom. The third kappa shape index (κ3) is 4.67. The second-order valence-electron chi connectivity index (χ2n) is 4.60. The molecule has 0 aromatic carbocycles. The van der Waals surface area contributed by atoms with Crippen LogP contribution in [0.1, 0.15) is 13.8 Å². The van der Waals surface area contributed by atoms with Crippen LogP contribution in [0, 0.1) is 5.92 Å². The summed E-state index contributed by atoms with van der Waals surface area (Å²) in [6.07, 6.45) is 0. The Labute approximate surface area is 80.5 Å². The Kier molecular flexibility index (Phi) is 5.78. The molecule has 0 fully saturated rings. The molecule has 1 unspecified atom stereocenters. The standard InChI is InChI=1S/C6H13O2.3CH3.Sn/c1-6(2)4-8-5-7-3;;;;/h4,6H,5H2,1-3H3;3*1H3;. The zero-order valence-corrected chi connectivity index (χ0v) is 12.0. The third-order valence-corrected chi connectivity index (χ3v) is 9.08. The molecule has 2 nitrogen and oxygen atoms in total. The Bertz CT molecular complexity index is 118. The van der Waals surface area contributed by atoms with Gasteiger partial charge in [0.2, 0.25) is 0 Å². The van der Waals surface area contributed by atoms with Crippen LogP contribution in [-0.2, 0) is 9.47 Å². The minimum absolute atomic E-state index is 0.442. The van der Waals surface area contributed by atoms with Gasteiger partial charge in [-0.2, -0.15) is 0 Å². The van der Waals surface area contributed by atoms with E-state index in [9.17, 15) is 0 Å². The monoisotopic (exact) mass is 282 g/mol. The van der Waals surface area contributed by atoms with E-state index in [4.69, 9.17) is 9.47 Å². The molecule has 0 bridgehead atoms. The van der Waals surface area contributed by atoms with Gasteiger partial charge in [-0.15, -0.1) is 0 Å². The first-order chi connectivity index (χ1) is 5.39. The quantitative estimate of drug-likeness (QED) is 0.569. The molecule has 1 atom stereocenters. The van der Waals surface area contributed by atoms with Crippen molar-refractivity contribution < 1.29 is 9.47 Å². The van der Waals surface area contributed by atoms with Crippen molar-refractivity contribution in [1.29, 1.82) is 0 Å². The predicted molar refractivity (Wildman–Crippen MR) is 54.9 cm³/mol. The fourth-order valence-electron chi connectivity index (χ4n) is 1.58. The Hall–Kier alpha value is 0.719. The van der Waals surface area contributed by atoms with Crippen molar-refractivity contribution in [1.82, 2.24) is 0 Å². The van der Waals surface area contributed by atoms with E-state index in [2.05, 4.69) is 28.7 Å². The molecule has 0 aliphatic heterocycles. The number of ether oxygens (including phenoxy) is 2. The van der Waals surface area contributed by atoms with E-state index in [0.29, 0.717) is 16.8 Å². The molecule has 0 aromatic rings. The van der Waals surface area contributed by atoms with E-state index in [1.54, 1.807) is 7.11 Å². The first kappa shape index (κ1) is 12.7. The molecule has 0 radical (unpaired) electrons. The minimum atomic E-state index is -1.89. The summed E-state index contributed by atoms with van der Waals surface area (Å²) in [7, 11) is 1.68. The first-order valence-electron chi connectivity index (χ1n) is 4.50. The topological polar surface area (TPSA) is 18.5 Å². The van der Waals surface area contributed by atoms with Crippen LogP contribution in [0.2, 0.25) is 14.8 Å². The Morgan fingerprint density at radius 3 is 1.92 bits per heavy atom. The zero-order valence-electron chi connectivity index (χ0n) is 9.18. The van der Waals surface area contributed by atoms with Gasteiger partial charge in [-0.25, -0.2) is 0 Å². The molecule has 0 saturated carbocycles. The average molecular weight is 281 g/mol. The molecule has 0 aliphatic carbocycles. The van der Waals surface area contributed by atoms with Gasteiger partial charge < -0.3 is 0 Å².